The van der Waals surface area contributed by atoms with Crippen LogP contribution in [0.25, 0.3) is 0 Å². The van der Waals surface area contributed by atoms with E-state index >= 15 is 0 Å². The Balaban J connectivity index is 2.01. The summed E-state index contributed by atoms with van der Waals surface area (Å²) in [5.74, 6) is 0. The van der Waals surface area contributed by atoms with E-state index in [0.717, 1.165) is 13.0 Å². The summed E-state index contributed by atoms with van der Waals surface area (Å²) in [4.78, 5) is 1.54. The highest BCUT2D eigenvalue weighted by molar-refractivity contribution is 7.10. The molecule has 1 saturated carbocycles. The van der Waals surface area contributed by atoms with Crippen molar-refractivity contribution in [1.29, 1.82) is 0 Å². The zero-order valence-corrected chi connectivity index (χ0v) is 9.24. The largest absolute Gasteiger partial charge is 0.369 e. The maximum Gasteiger partial charge on any atom is 0.102 e. The molecule has 0 aromatic carbocycles. The van der Waals surface area contributed by atoms with Crippen molar-refractivity contribution in [3.05, 3.63) is 21.9 Å². The Labute approximate surface area is 89.1 Å². The van der Waals surface area contributed by atoms with Gasteiger partial charge in [0.2, 0.25) is 0 Å². The molecule has 0 N–H and O–H groups in total. The van der Waals surface area contributed by atoms with Crippen molar-refractivity contribution in [1.82, 2.24) is 0 Å². The molecule has 3 rings (SSSR count). The minimum Gasteiger partial charge on any atom is -0.369 e. The van der Waals surface area contributed by atoms with E-state index in [1.54, 1.807) is 10.4 Å². The predicted molar refractivity (Wildman–Crippen MR) is 58.7 cm³/mol. The van der Waals surface area contributed by atoms with Gasteiger partial charge in [0.25, 0.3) is 0 Å². The van der Waals surface area contributed by atoms with E-state index in [1.165, 1.54) is 32.1 Å². The molecule has 76 valence electrons. The molecule has 1 aromatic rings. The van der Waals surface area contributed by atoms with Crippen LogP contribution >= 0.6 is 11.3 Å². The zero-order chi connectivity index (χ0) is 9.43. The average molecular weight is 208 g/mol. The van der Waals surface area contributed by atoms with Crippen LogP contribution in [0.4, 0.5) is 0 Å². The summed E-state index contributed by atoms with van der Waals surface area (Å²) in [7, 11) is 0. The summed E-state index contributed by atoms with van der Waals surface area (Å²) in [5.41, 5.74) is 1.70. The first-order valence-corrected chi connectivity index (χ1v) is 6.49. The van der Waals surface area contributed by atoms with Crippen LogP contribution in [0, 0.1) is 0 Å². The van der Waals surface area contributed by atoms with Gasteiger partial charge in [0.1, 0.15) is 5.60 Å². The van der Waals surface area contributed by atoms with Crippen LogP contribution in [0.5, 0.6) is 0 Å². The molecule has 2 aliphatic rings. The Bertz CT molecular complexity index is 323. The number of fused-ring (bicyclic) bond motifs is 2. The van der Waals surface area contributed by atoms with Crippen LogP contribution in [-0.2, 0) is 16.8 Å². The first kappa shape index (κ1) is 8.93. The molecular weight excluding hydrogens is 192 g/mol. The lowest BCUT2D eigenvalue weighted by molar-refractivity contribution is -0.0816. The molecule has 0 atom stereocenters. The normalized spacial score (nSPS) is 24.9. The number of rotatable bonds is 0. The van der Waals surface area contributed by atoms with Gasteiger partial charge >= 0.3 is 0 Å². The zero-order valence-electron chi connectivity index (χ0n) is 8.42. The van der Waals surface area contributed by atoms with E-state index in [4.69, 9.17) is 4.74 Å². The number of thiophene rings is 1. The van der Waals surface area contributed by atoms with E-state index in [1.807, 2.05) is 11.3 Å². The third-order valence-corrected chi connectivity index (χ3v) is 4.71. The summed E-state index contributed by atoms with van der Waals surface area (Å²) in [5, 5.41) is 2.23. The van der Waals surface area contributed by atoms with Crippen LogP contribution in [-0.4, -0.2) is 6.61 Å². The minimum atomic E-state index is 0.139. The number of ether oxygens (including phenoxy) is 1. The molecule has 1 spiro atoms. The van der Waals surface area contributed by atoms with E-state index in [-0.39, 0.29) is 5.60 Å². The van der Waals surface area contributed by atoms with Crippen LogP contribution in [0.2, 0.25) is 0 Å². The van der Waals surface area contributed by atoms with E-state index < -0.39 is 0 Å². The van der Waals surface area contributed by atoms with Gasteiger partial charge in [0, 0.05) is 4.88 Å². The van der Waals surface area contributed by atoms with Gasteiger partial charge in [-0.15, -0.1) is 11.3 Å². The summed E-state index contributed by atoms with van der Waals surface area (Å²) in [6.45, 7) is 0.934. The number of hydrogen-bond acceptors (Lipinski definition) is 2. The highest BCUT2D eigenvalue weighted by atomic mass is 32.1. The molecule has 0 radical (unpaired) electrons. The Morgan fingerprint density at radius 1 is 1.21 bits per heavy atom. The monoisotopic (exact) mass is 208 g/mol. The molecule has 1 aromatic heterocycles. The van der Waals surface area contributed by atoms with Crippen molar-refractivity contribution in [3.63, 3.8) is 0 Å². The van der Waals surface area contributed by atoms with Crippen LogP contribution < -0.4 is 0 Å². The molecule has 1 nitrogen and oxygen atoms in total. The van der Waals surface area contributed by atoms with Crippen LogP contribution in [0.1, 0.15) is 42.5 Å². The molecule has 0 saturated heterocycles. The first-order chi connectivity index (χ1) is 6.91. The molecular formula is C12H16OS. The SMILES string of the molecule is c1cc2c(s1)C1(CCCCC1)OCC2. The maximum atomic E-state index is 6.10. The fourth-order valence-electron chi connectivity index (χ4n) is 2.85. The third-order valence-electron chi connectivity index (χ3n) is 3.57. The summed E-state index contributed by atoms with van der Waals surface area (Å²) in [6, 6.07) is 2.29. The summed E-state index contributed by atoms with van der Waals surface area (Å²) < 4.78 is 6.10. The highest BCUT2D eigenvalue weighted by Crippen LogP contribution is 2.46. The van der Waals surface area contributed by atoms with Gasteiger partial charge < -0.3 is 4.74 Å². The molecule has 2 heterocycles. The lowest BCUT2D eigenvalue weighted by atomic mass is 9.80. The quantitative estimate of drug-likeness (QED) is 0.634. The summed E-state index contributed by atoms with van der Waals surface area (Å²) >= 11 is 1.91. The third kappa shape index (κ3) is 1.24. The van der Waals surface area contributed by atoms with Crippen molar-refractivity contribution < 1.29 is 4.74 Å². The average Bonchev–Trinajstić information content (AvgIpc) is 2.69. The van der Waals surface area contributed by atoms with Gasteiger partial charge in [0.15, 0.2) is 0 Å². The van der Waals surface area contributed by atoms with Gasteiger partial charge in [-0.25, -0.2) is 0 Å². The van der Waals surface area contributed by atoms with Gasteiger partial charge in [0.05, 0.1) is 6.61 Å². The van der Waals surface area contributed by atoms with Gasteiger partial charge in [-0.3, -0.25) is 0 Å². The molecule has 0 bridgehead atoms. The Kier molecular flexibility index (Phi) is 2.14. The lowest BCUT2D eigenvalue weighted by Crippen LogP contribution is -2.36. The smallest absolute Gasteiger partial charge is 0.102 e. The molecule has 1 fully saturated rings. The van der Waals surface area contributed by atoms with E-state index in [9.17, 15) is 0 Å². The minimum absolute atomic E-state index is 0.139. The Morgan fingerprint density at radius 3 is 2.93 bits per heavy atom. The van der Waals surface area contributed by atoms with Crippen LogP contribution in [0.3, 0.4) is 0 Å². The van der Waals surface area contributed by atoms with E-state index in [0.29, 0.717) is 0 Å². The molecule has 2 heteroatoms. The first-order valence-electron chi connectivity index (χ1n) is 5.62. The predicted octanol–water partition coefficient (Wildman–Crippen LogP) is 3.48. The summed E-state index contributed by atoms with van der Waals surface area (Å²) in [6.07, 6.45) is 7.71. The van der Waals surface area contributed by atoms with Gasteiger partial charge in [-0.2, -0.15) is 0 Å². The second kappa shape index (κ2) is 3.35. The van der Waals surface area contributed by atoms with E-state index in [2.05, 4.69) is 11.4 Å². The Morgan fingerprint density at radius 2 is 2.07 bits per heavy atom. The highest BCUT2D eigenvalue weighted by Gasteiger charge is 2.39. The van der Waals surface area contributed by atoms with Crippen molar-refractivity contribution in [2.24, 2.45) is 0 Å². The molecule has 14 heavy (non-hydrogen) atoms. The fourth-order valence-corrected chi connectivity index (χ4v) is 4.02. The molecule has 1 aliphatic carbocycles. The topological polar surface area (TPSA) is 9.23 Å². The second-order valence-electron chi connectivity index (χ2n) is 4.43. The fraction of sp³-hybridized carbons (Fsp3) is 0.667. The lowest BCUT2D eigenvalue weighted by Gasteiger charge is -2.40. The van der Waals surface area contributed by atoms with Crippen molar-refractivity contribution >= 4 is 11.3 Å². The molecule has 0 amide bonds. The van der Waals surface area contributed by atoms with Crippen molar-refractivity contribution in [2.45, 2.75) is 44.1 Å². The van der Waals surface area contributed by atoms with Gasteiger partial charge in [-0.05, 0) is 36.3 Å². The molecule has 0 unspecified atom stereocenters. The number of hydrogen-bond donors (Lipinski definition) is 0. The standard InChI is InChI=1S/C12H16OS/c1-2-6-12(7-3-1)11-10(4-8-13-12)5-9-14-11/h5,9H,1-4,6-8H2. The van der Waals surface area contributed by atoms with Crippen molar-refractivity contribution in [3.8, 4) is 0 Å². The second-order valence-corrected chi connectivity index (χ2v) is 5.34. The Hall–Kier alpha value is -0.340. The van der Waals surface area contributed by atoms with Crippen LogP contribution in [0.15, 0.2) is 11.4 Å². The van der Waals surface area contributed by atoms with Gasteiger partial charge in [-0.1, -0.05) is 19.3 Å². The maximum absolute atomic E-state index is 6.10. The van der Waals surface area contributed by atoms with Crippen molar-refractivity contribution in [2.75, 3.05) is 6.61 Å². The molecule has 1 aliphatic heterocycles.